The topological polar surface area (TPSA) is 42.1 Å². The van der Waals surface area contributed by atoms with E-state index in [9.17, 15) is 4.79 Å². The first-order chi connectivity index (χ1) is 9.52. The average molecular weight is 292 g/mol. The van der Waals surface area contributed by atoms with E-state index in [2.05, 4.69) is 4.98 Å². The Bertz CT molecular complexity index is 712. The van der Waals surface area contributed by atoms with E-state index in [1.807, 2.05) is 32.1 Å². The first kappa shape index (κ1) is 14.7. The second kappa shape index (κ2) is 6.14. The fourth-order valence-electron chi connectivity index (χ4n) is 2.18. The highest BCUT2D eigenvalue weighted by atomic mass is 35.5. The molecular formula is C16H18ClNO2. The average Bonchev–Trinajstić information content (AvgIpc) is 2.39. The predicted octanol–water partition coefficient (Wildman–Crippen LogP) is 3.92. The lowest BCUT2D eigenvalue weighted by molar-refractivity contribution is 0.340. The van der Waals surface area contributed by atoms with Gasteiger partial charge in [0.2, 0.25) is 0 Å². The summed E-state index contributed by atoms with van der Waals surface area (Å²) in [6.45, 7) is 6.21. The van der Waals surface area contributed by atoms with Crippen molar-refractivity contribution >= 4 is 22.5 Å². The first-order valence-corrected chi connectivity index (χ1v) is 7.01. The summed E-state index contributed by atoms with van der Waals surface area (Å²) in [6, 6.07) is 5.53. The van der Waals surface area contributed by atoms with Gasteiger partial charge in [0.1, 0.15) is 5.75 Å². The number of rotatable bonds is 4. The first-order valence-electron chi connectivity index (χ1n) is 6.63. The second-order valence-corrected chi connectivity index (χ2v) is 5.29. The van der Waals surface area contributed by atoms with Crippen molar-refractivity contribution in [1.82, 2.24) is 4.98 Å². The van der Waals surface area contributed by atoms with Gasteiger partial charge in [0.15, 0.2) is 5.43 Å². The molecule has 0 amide bonds. The van der Waals surface area contributed by atoms with Gasteiger partial charge in [0, 0.05) is 27.2 Å². The molecule has 1 aromatic heterocycles. The zero-order valence-corrected chi connectivity index (χ0v) is 12.7. The molecule has 0 spiro atoms. The standard InChI is InChI=1S/C16H18ClNO2/c1-4-20-12-6-8-15-14(9-12)16(19)13(11(3)18-15)7-5-10(2)17/h5-6,8-9H,4,7H2,1-3H3,(H,18,19)/b10-5-. The molecule has 0 aliphatic carbocycles. The van der Waals surface area contributed by atoms with Crippen molar-refractivity contribution in [2.24, 2.45) is 0 Å². The number of hydrogen-bond donors (Lipinski definition) is 1. The molecule has 3 nitrogen and oxygen atoms in total. The van der Waals surface area contributed by atoms with Crippen LogP contribution < -0.4 is 10.2 Å². The van der Waals surface area contributed by atoms with Crippen molar-refractivity contribution < 1.29 is 4.74 Å². The van der Waals surface area contributed by atoms with E-state index in [0.717, 1.165) is 16.8 Å². The molecule has 0 radical (unpaired) electrons. The van der Waals surface area contributed by atoms with Crippen molar-refractivity contribution in [3.05, 3.63) is 50.8 Å². The van der Waals surface area contributed by atoms with E-state index >= 15 is 0 Å². The van der Waals surface area contributed by atoms with E-state index in [4.69, 9.17) is 16.3 Å². The third kappa shape index (κ3) is 3.05. The van der Waals surface area contributed by atoms with Gasteiger partial charge in [-0.2, -0.15) is 0 Å². The van der Waals surface area contributed by atoms with Crippen molar-refractivity contribution in [2.75, 3.05) is 6.61 Å². The maximum Gasteiger partial charge on any atom is 0.193 e. The molecule has 1 aromatic carbocycles. The molecule has 0 atom stereocenters. The van der Waals surface area contributed by atoms with Crippen LogP contribution in [-0.4, -0.2) is 11.6 Å². The van der Waals surface area contributed by atoms with Gasteiger partial charge in [0.25, 0.3) is 0 Å². The number of nitrogens with one attached hydrogen (secondary N) is 1. The SMILES string of the molecule is CCOc1ccc2[nH]c(C)c(C/C=C(/C)Cl)c(=O)c2c1. The number of aromatic amines is 1. The summed E-state index contributed by atoms with van der Waals surface area (Å²) in [5, 5.41) is 1.34. The third-order valence-electron chi connectivity index (χ3n) is 3.18. The molecule has 0 saturated carbocycles. The number of aryl methyl sites for hydroxylation is 1. The summed E-state index contributed by atoms with van der Waals surface area (Å²) in [4.78, 5) is 15.8. The van der Waals surface area contributed by atoms with Gasteiger partial charge in [-0.1, -0.05) is 17.7 Å². The maximum absolute atomic E-state index is 12.6. The van der Waals surface area contributed by atoms with E-state index in [0.29, 0.717) is 29.2 Å². The quantitative estimate of drug-likeness (QED) is 0.927. The largest absolute Gasteiger partial charge is 0.494 e. The molecule has 20 heavy (non-hydrogen) atoms. The van der Waals surface area contributed by atoms with Gasteiger partial charge in [0.05, 0.1) is 6.61 Å². The smallest absolute Gasteiger partial charge is 0.193 e. The summed E-state index contributed by atoms with van der Waals surface area (Å²) in [5.41, 5.74) is 2.48. The molecule has 2 aromatic rings. The predicted molar refractivity (Wildman–Crippen MR) is 83.8 cm³/mol. The fraction of sp³-hybridized carbons (Fsp3) is 0.312. The van der Waals surface area contributed by atoms with Crippen molar-refractivity contribution in [3.8, 4) is 5.75 Å². The Morgan fingerprint density at radius 1 is 1.45 bits per heavy atom. The van der Waals surface area contributed by atoms with E-state index < -0.39 is 0 Å². The van der Waals surface area contributed by atoms with Crippen molar-refractivity contribution in [2.45, 2.75) is 27.2 Å². The summed E-state index contributed by atoms with van der Waals surface area (Å²) in [7, 11) is 0. The number of benzene rings is 1. The Morgan fingerprint density at radius 3 is 2.85 bits per heavy atom. The zero-order valence-electron chi connectivity index (χ0n) is 11.9. The van der Waals surface area contributed by atoms with Crippen LogP contribution in [0.5, 0.6) is 5.75 Å². The number of hydrogen-bond acceptors (Lipinski definition) is 2. The van der Waals surface area contributed by atoms with Crippen LogP contribution in [0.4, 0.5) is 0 Å². The van der Waals surface area contributed by atoms with Crippen molar-refractivity contribution in [3.63, 3.8) is 0 Å². The zero-order chi connectivity index (χ0) is 14.7. The minimum Gasteiger partial charge on any atom is -0.494 e. The summed E-state index contributed by atoms with van der Waals surface area (Å²) < 4.78 is 5.45. The number of aromatic nitrogens is 1. The summed E-state index contributed by atoms with van der Waals surface area (Å²) >= 11 is 5.85. The molecule has 4 heteroatoms. The van der Waals surface area contributed by atoms with Gasteiger partial charge >= 0.3 is 0 Å². The number of ether oxygens (including phenoxy) is 1. The highest BCUT2D eigenvalue weighted by molar-refractivity contribution is 6.29. The van der Waals surface area contributed by atoms with E-state index in [-0.39, 0.29) is 5.43 Å². The Kier molecular flexibility index (Phi) is 4.50. The molecule has 2 rings (SSSR count). The molecule has 0 aliphatic rings. The van der Waals surface area contributed by atoms with Crippen LogP contribution in [-0.2, 0) is 6.42 Å². The Hall–Kier alpha value is -1.74. The number of allylic oxidation sites excluding steroid dienone is 2. The molecule has 1 heterocycles. The van der Waals surface area contributed by atoms with Crippen LogP contribution in [0, 0.1) is 6.92 Å². The molecule has 1 N–H and O–H groups in total. The Balaban J connectivity index is 2.59. The molecule has 106 valence electrons. The fourth-order valence-corrected chi connectivity index (χ4v) is 2.25. The number of fused-ring (bicyclic) bond motifs is 1. The van der Waals surface area contributed by atoms with Gasteiger partial charge in [-0.15, -0.1) is 0 Å². The van der Waals surface area contributed by atoms with Gasteiger partial charge in [-0.25, -0.2) is 0 Å². The monoisotopic (exact) mass is 291 g/mol. The van der Waals surface area contributed by atoms with Crippen LogP contribution in [0.1, 0.15) is 25.1 Å². The molecular weight excluding hydrogens is 274 g/mol. The van der Waals surface area contributed by atoms with E-state index in [1.54, 1.807) is 13.0 Å². The highest BCUT2D eigenvalue weighted by Gasteiger charge is 2.09. The lowest BCUT2D eigenvalue weighted by Crippen LogP contribution is -2.13. The van der Waals surface area contributed by atoms with Gasteiger partial charge < -0.3 is 9.72 Å². The Labute approximate surface area is 123 Å². The van der Waals surface area contributed by atoms with Crippen LogP contribution in [0.15, 0.2) is 34.1 Å². The van der Waals surface area contributed by atoms with Crippen LogP contribution >= 0.6 is 11.6 Å². The minimum absolute atomic E-state index is 0.0342. The Morgan fingerprint density at radius 2 is 2.20 bits per heavy atom. The molecule has 0 unspecified atom stereocenters. The number of pyridine rings is 1. The summed E-state index contributed by atoms with van der Waals surface area (Å²) in [5.74, 6) is 0.712. The van der Waals surface area contributed by atoms with Crippen molar-refractivity contribution in [1.29, 1.82) is 0 Å². The lowest BCUT2D eigenvalue weighted by Gasteiger charge is -2.08. The molecule has 0 bridgehead atoms. The van der Waals surface area contributed by atoms with Crippen LogP contribution in [0.3, 0.4) is 0 Å². The van der Waals surface area contributed by atoms with Gasteiger partial charge in [-0.05, 0) is 45.4 Å². The van der Waals surface area contributed by atoms with Gasteiger partial charge in [-0.3, -0.25) is 4.79 Å². The van der Waals surface area contributed by atoms with Crippen LogP contribution in [0.2, 0.25) is 0 Å². The lowest BCUT2D eigenvalue weighted by atomic mass is 10.1. The van der Waals surface area contributed by atoms with Crippen LogP contribution in [0.25, 0.3) is 10.9 Å². The third-order valence-corrected chi connectivity index (χ3v) is 3.34. The molecule has 0 saturated heterocycles. The second-order valence-electron chi connectivity index (χ2n) is 4.69. The minimum atomic E-state index is 0.0342. The molecule has 0 aliphatic heterocycles. The normalized spacial score (nSPS) is 11.9. The van der Waals surface area contributed by atoms with E-state index in [1.165, 1.54) is 0 Å². The summed E-state index contributed by atoms with van der Waals surface area (Å²) in [6.07, 6.45) is 2.38. The highest BCUT2D eigenvalue weighted by Crippen LogP contribution is 2.19. The number of halogens is 1. The molecule has 0 fully saturated rings. The number of H-pyrrole nitrogens is 1. The maximum atomic E-state index is 12.6.